The first-order valence-corrected chi connectivity index (χ1v) is 14.8. The molecule has 0 spiro atoms. The van der Waals surface area contributed by atoms with Crippen LogP contribution in [0.5, 0.6) is 5.19 Å². The molecule has 4 heterocycles. The van der Waals surface area contributed by atoms with E-state index in [2.05, 4.69) is 40.0 Å². The summed E-state index contributed by atoms with van der Waals surface area (Å²) in [5.74, 6) is 0.158. The summed E-state index contributed by atoms with van der Waals surface area (Å²) in [7, 11) is 0. The highest BCUT2D eigenvalue weighted by molar-refractivity contribution is 7.20. The lowest BCUT2D eigenvalue weighted by Crippen LogP contribution is -2.49. The molecule has 212 valence electrons. The van der Waals surface area contributed by atoms with Crippen molar-refractivity contribution in [1.82, 2.24) is 19.9 Å². The predicted molar refractivity (Wildman–Crippen MR) is 157 cm³/mol. The van der Waals surface area contributed by atoms with Gasteiger partial charge in [-0.15, -0.1) is 0 Å². The SMILES string of the molecule is CCCc1cnc(N2CCC(Oc3nc4ccc(C5=CCN(C(=O)C(C)(C)OC(C)=O)CC5)cc4s3)CC2)nc1. The minimum atomic E-state index is -1.17. The average molecular weight is 564 g/mol. The van der Waals surface area contributed by atoms with Gasteiger partial charge in [0.25, 0.3) is 11.1 Å². The minimum absolute atomic E-state index is 0.122. The smallest absolute Gasteiger partial charge is 0.303 e. The molecule has 1 amide bonds. The van der Waals surface area contributed by atoms with E-state index >= 15 is 0 Å². The van der Waals surface area contributed by atoms with Crippen molar-refractivity contribution in [3.8, 4) is 5.19 Å². The summed E-state index contributed by atoms with van der Waals surface area (Å²) in [6.07, 6.45) is 10.7. The van der Waals surface area contributed by atoms with Gasteiger partial charge in [-0.3, -0.25) is 9.59 Å². The van der Waals surface area contributed by atoms with Crippen LogP contribution in [-0.2, 0) is 20.7 Å². The van der Waals surface area contributed by atoms with E-state index in [1.54, 1.807) is 30.1 Å². The Morgan fingerprint density at radius 3 is 2.52 bits per heavy atom. The van der Waals surface area contributed by atoms with Gasteiger partial charge in [-0.25, -0.2) is 15.0 Å². The quantitative estimate of drug-likeness (QED) is 0.352. The van der Waals surface area contributed by atoms with Gasteiger partial charge < -0.3 is 19.3 Å². The summed E-state index contributed by atoms with van der Waals surface area (Å²) in [6, 6.07) is 6.29. The Balaban J connectivity index is 1.17. The van der Waals surface area contributed by atoms with Crippen LogP contribution in [0.4, 0.5) is 5.95 Å². The molecule has 9 nitrogen and oxygen atoms in total. The van der Waals surface area contributed by atoms with Crippen molar-refractivity contribution in [3.05, 3.63) is 47.8 Å². The summed E-state index contributed by atoms with van der Waals surface area (Å²) in [4.78, 5) is 42.0. The van der Waals surface area contributed by atoms with E-state index in [9.17, 15) is 9.59 Å². The third-order valence-electron chi connectivity index (χ3n) is 7.37. The highest BCUT2D eigenvalue weighted by Crippen LogP contribution is 2.33. The molecule has 2 aromatic heterocycles. The number of esters is 1. The van der Waals surface area contributed by atoms with E-state index in [1.807, 2.05) is 18.5 Å². The molecular weight excluding hydrogens is 526 g/mol. The summed E-state index contributed by atoms with van der Waals surface area (Å²) in [6.45, 7) is 9.54. The van der Waals surface area contributed by atoms with Crippen molar-refractivity contribution in [2.24, 2.45) is 0 Å². The Kier molecular flexibility index (Phi) is 8.35. The van der Waals surface area contributed by atoms with Crippen molar-refractivity contribution in [2.45, 2.75) is 71.5 Å². The summed E-state index contributed by atoms with van der Waals surface area (Å²) in [5.41, 5.74) is 3.27. The van der Waals surface area contributed by atoms with E-state index in [4.69, 9.17) is 14.5 Å². The monoisotopic (exact) mass is 563 g/mol. The van der Waals surface area contributed by atoms with Crippen LogP contribution in [0.25, 0.3) is 15.8 Å². The summed E-state index contributed by atoms with van der Waals surface area (Å²) >= 11 is 1.58. The number of aryl methyl sites for hydroxylation is 1. The van der Waals surface area contributed by atoms with Crippen LogP contribution in [0.3, 0.4) is 0 Å². The van der Waals surface area contributed by atoms with Gasteiger partial charge in [-0.1, -0.05) is 36.8 Å². The molecule has 0 bridgehead atoms. The van der Waals surface area contributed by atoms with E-state index in [0.717, 1.165) is 66.9 Å². The normalized spacial score (nSPS) is 16.6. The highest BCUT2D eigenvalue weighted by atomic mass is 32.1. The molecule has 2 aliphatic heterocycles. The molecular formula is C30H37N5O4S. The van der Waals surface area contributed by atoms with E-state index in [-0.39, 0.29) is 12.0 Å². The van der Waals surface area contributed by atoms with Crippen molar-refractivity contribution >= 4 is 45.0 Å². The molecule has 0 atom stereocenters. The van der Waals surface area contributed by atoms with Crippen LogP contribution in [0, 0.1) is 0 Å². The zero-order valence-electron chi connectivity index (χ0n) is 23.7. The average Bonchev–Trinajstić information content (AvgIpc) is 3.34. The van der Waals surface area contributed by atoms with E-state index < -0.39 is 11.6 Å². The molecule has 0 N–H and O–H groups in total. The number of benzene rings is 1. The molecule has 0 unspecified atom stereocenters. The molecule has 1 saturated heterocycles. The number of carbonyl (C=O) groups excluding carboxylic acids is 2. The molecule has 2 aliphatic rings. The van der Waals surface area contributed by atoms with Gasteiger partial charge in [-0.05, 0) is 55.5 Å². The fraction of sp³-hybridized carbons (Fsp3) is 0.500. The number of thiazole rings is 1. The van der Waals surface area contributed by atoms with Gasteiger partial charge in [0.2, 0.25) is 5.95 Å². The fourth-order valence-corrected chi connectivity index (χ4v) is 6.22. The number of amides is 1. The standard InChI is InChI=1S/C30H37N5O4S/c1-5-6-21-18-31-28(32-19-21)35-15-11-24(12-16-35)38-29-33-25-8-7-23(17-26(25)40-29)22-9-13-34(14-10-22)27(37)30(3,4)39-20(2)36/h7-9,17-19,24H,5-6,10-16H2,1-4H3. The number of hydrogen-bond acceptors (Lipinski definition) is 9. The van der Waals surface area contributed by atoms with Crippen LogP contribution in [0.2, 0.25) is 0 Å². The zero-order valence-corrected chi connectivity index (χ0v) is 24.5. The molecule has 5 rings (SSSR count). The number of ether oxygens (including phenoxy) is 2. The largest absolute Gasteiger partial charge is 0.467 e. The molecule has 3 aromatic rings. The van der Waals surface area contributed by atoms with Gasteiger partial charge in [-0.2, -0.15) is 0 Å². The lowest BCUT2D eigenvalue weighted by Gasteiger charge is -2.33. The lowest BCUT2D eigenvalue weighted by atomic mass is 9.98. The first-order valence-electron chi connectivity index (χ1n) is 14.0. The molecule has 0 radical (unpaired) electrons. The Hall–Kier alpha value is -3.53. The number of aromatic nitrogens is 3. The first-order chi connectivity index (χ1) is 19.2. The Morgan fingerprint density at radius 2 is 1.88 bits per heavy atom. The second kappa shape index (κ2) is 11.9. The maximum atomic E-state index is 12.9. The van der Waals surface area contributed by atoms with Crippen LogP contribution in [-0.4, -0.2) is 69.6 Å². The van der Waals surface area contributed by atoms with Crippen molar-refractivity contribution in [1.29, 1.82) is 0 Å². The summed E-state index contributed by atoms with van der Waals surface area (Å²) < 4.78 is 12.6. The van der Waals surface area contributed by atoms with Crippen molar-refractivity contribution in [2.75, 3.05) is 31.1 Å². The fourth-order valence-electron chi connectivity index (χ4n) is 5.30. The topological polar surface area (TPSA) is 97.8 Å². The first kappa shape index (κ1) is 28.0. The van der Waals surface area contributed by atoms with Gasteiger partial charge in [0.15, 0.2) is 5.60 Å². The maximum absolute atomic E-state index is 12.9. The molecule has 1 aromatic carbocycles. The zero-order chi connectivity index (χ0) is 28.3. The number of nitrogens with zero attached hydrogens (tertiary/aromatic N) is 5. The van der Waals surface area contributed by atoms with Crippen LogP contribution in [0.15, 0.2) is 36.7 Å². The molecule has 40 heavy (non-hydrogen) atoms. The highest BCUT2D eigenvalue weighted by Gasteiger charge is 2.35. The van der Waals surface area contributed by atoms with Crippen LogP contribution < -0.4 is 9.64 Å². The van der Waals surface area contributed by atoms with Crippen LogP contribution >= 0.6 is 11.3 Å². The minimum Gasteiger partial charge on any atom is -0.467 e. The van der Waals surface area contributed by atoms with Gasteiger partial charge >= 0.3 is 5.97 Å². The second-order valence-electron chi connectivity index (χ2n) is 10.9. The lowest BCUT2D eigenvalue weighted by molar-refractivity contribution is -0.168. The van der Waals surface area contributed by atoms with Crippen LogP contribution in [0.1, 0.15) is 64.5 Å². The Bertz CT molecular complexity index is 1390. The third kappa shape index (κ3) is 6.43. The second-order valence-corrected chi connectivity index (χ2v) is 11.9. The number of rotatable bonds is 8. The summed E-state index contributed by atoms with van der Waals surface area (Å²) in [5, 5.41) is 0.702. The number of piperidine rings is 1. The molecule has 0 aliphatic carbocycles. The van der Waals surface area contributed by atoms with E-state index in [0.29, 0.717) is 18.3 Å². The van der Waals surface area contributed by atoms with Gasteiger partial charge in [0.05, 0.1) is 10.2 Å². The number of anilines is 1. The van der Waals surface area contributed by atoms with Crippen molar-refractivity contribution < 1.29 is 19.1 Å². The number of hydrogen-bond donors (Lipinski definition) is 0. The molecule has 1 fully saturated rings. The Morgan fingerprint density at radius 1 is 1.12 bits per heavy atom. The molecule has 0 saturated carbocycles. The third-order valence-corrected chi connectivity index (χ3v) is 8.28. The number of fused-ring (bicyclic) bond motifs is 1. The van der Waals surface area contributed by atoms with Gasteiger partial charge in [0, 0.05) is 58.3 Å². The predicted octanol–water partition coefficient (Wildman–Crippen LogP) is 5.04. The van der Waals surface area contributed by atoms with Crippen molar-refractivity contribution in [3.63, 3.8) is 0 Å². The van der Waals surface area contributed by atoms with E-state index in [1.165, 1.54) is 18.1 Å². The number of carbonyl (C=O) groups is 2. The Labute approximate surface area is 239 Å². The molecule has 10 heteroatoms. The van der Waals surface area contributed by atoms with Gasteiger partial charge in [0.1, 0.15) is 6.10 Å². The maximum Gasteiger partial charge on any atom is 0.303 e.